The van der Waals surface area contributed by atoms with Crippen molar-refractivity contribution < 1.29 is 9.47 Å². The first kappa shape index (κ1) is 21.9. The summed E-state index contributed by atoms with van der Waals surface area (Å²) >= 11 is 14.0. The maximum Gasteiger partial charge on any atom is 0.160 e. The Morgan fingerprint density at radius 3 is 2.35 bits per heavy atom. The molecule has 1 heterocycles. The van der Waals surface area contributed by atoms with Crippen LogP contribution in [-0.2, 0) is 18.7 Å². The monoisotopic (exact) mass is 472 g/mol. The van der Waals surface area contributed by atoms with E-state index in [1.165, 1.54) is 0 Å². The van der Waals surface area contributed by atoms with E-state index in [1.54, 1.807) is 26.0 Å². The Balaban J connectivity index is 1.59. The van der Waals surface area contributed by atoms with Crippen LogP contribution in [0.3, 0.4) is 0 Å². The van der Waals surface area contributed by atoms with Crippen molar-refractivity contribution in [3.05, 3.63) is 82.1 Å². The van der Waals surface area contributed by atoms with Crippen LogP contribution in [0.15, 0.2) is 65.6 Å². The number of methoxy groups -OCH3 is 2. The zero-order chi connectivity index (χ0) is 21.8. The summed E-state index contributed by atoms with van der Waals surface area (Å²) in [6.07, 6.45) is 0.830. The number of ether oxygens (including phenoxy) is 2. The molecule has 0 spiro atoms. The topological polar surface area (TPSA) is 36.3 Å². The lowest BCUT2D eigenvalue weighted by atomic mass is 10.1. The fourth-order valence-corrected chi connectivity index (χ4v) is 4.60. The average Bonchev–Trinajstić information content (AvgIpc) is 3.13. The van der Waals surface area contributed by atoms with Crippen molar-refractivity contribution in [1.82, 2.24) is 9.55 Å². The van der Waals surface area contributed by atoms with E-state index in [9.17, 15) is 0 Å². The van der Waals surface area contributed by atoms with Gasteiger partial charge in [-0.2, -0.15) is 0 Å². The third-order valence-corrected chi connectivity index (χ3v) is 6.54. The smallest absolute Gasteiger partial charge is 0.160 e. The molecule has 7 heteroatoms. The van der Waals surface area contributed by atoms with Gasteiger partial charge in [-0.1, -0.05) is 29.3 Å². The number of halogens is 2. The Kier molecular flexibility index (Phi) is 6.96. The molecule has 1 aromatic heterocycles. The van der Waals surface area contributed by atoms with E-state index in [1.807, 2.05) is 54.6 Å². The quantitative estimate of drug-likeness (QED) is 0.261. The predicted octanol–water partition coefficient (Wildman–Crippen LogP) is 6.90. The van der Waals surface area contributed by atoms with Crippen LogP contribution in [0.25, 0.3) is 11.0 Å². The van der Waals surface area contributed by atoms with Crippen LogP contribution in [-0.4, -0.2) is 23.8 Å². The van der Waals surface area contributed by atoms with Gasteiger partial charge in [-0.15, -0.1) is 11.8 Å². The minimum absolute atomic E-state index is 0.705. The van der Waals surface area contributed by atoms with E-state index >= 15 is 0 Å². The van der Waals surface area contributed by atoms with Crippen molar-refractivity contribution in [3.63, 3.8) is 0 Å². The summed E-state index contributed by atoms with van der Waals surface area (Å²) in [4.78, 5) is 6.03. The number of aromatic nitrogens is 2. The molecule has 4 aromatic rings. The Morgan fingerprint density at radius 2 is 1.61 bits per heavy atom. The fourth-order valence-electron chi connectivity index (χ4n) is 3.46. The molecule has 4 nitrogen and oxygen atoms in total. The summed E-state index contributed by atoms with van der Waals surface area (Å²) < 4.78 is 13.0. The van der Waals surface area contributed by atoms with Crippen molar-refractivity contribution in [2.24, 2.45) is 0 Å². The highest BCUT2D eigenvalue weighted by molar-refractivity contribution is 7.98. The molecule has 0 bridgehead atoms. The van der Waals surface area contributed by atoms with Gasteiger partial charge in [0.1, 0.15) is 5.82 Å². The van der Waals surface area contributed by atoms with Crippen LogP contribution < -0.4 is 9.47 Å². The van der Waals surface area contributed by atoms with Gasteiger partial charge in [0.25, 0.3) is 0 Å². The number of hydrogen-bond acceptors (Lipinski definition) is 4. The second kappa shape index (κ2) is 9.86. The van der Waals surface area contributed by atoms with E-state index < -0.39 is 0 Å². The molecule has 0 aliphatic carbocycles. The SMILES string of the molecule is COc1ccc(CCn2c(CSc3ccc(Cl)cc3)nc3ccc(Cl)cc32)cc1OC. The molecule has 0 saturated heterocycles. The fraction of sp³-hybridized carbons (Fsp3) is 0.208. The van der Waals surface area contributed by atoms with Gasteiger partial charge in [0, 0.05) is 21.5 Å². The molecular weight excluding hydrogens is 451 g/mol. The standard InChI is InChI=1S/C24H22Cl2N2O2S/c1-29-22-10-3-16(13-23(22)30-2)11-12-28-21-14-18(26)6-9-20(21)27-24(28)15-31-19-7-4-17(25)5-8-19/h3-10,13-14H,11-12,15H2,1-2H3. The van der Waals surface area contributed by atoms with Crippen LogP contribution in [0.5, 0.6) is 11.5 Å². The first-order valence-electron chi connectivity index (χ1n) is 9.81. The highest BCUT2D eigenvalue weighted by atomic mass is 35.5. The molecule has 0 amide bonds. The Hall–Kier alpha value is -2.34. The lowest BCUT2D eigenvalue weighted by molar-refractivity contribution is 0.354. The van der Waals surface area contributed by atoms with E-state index in [4.69, 9.17) is 37.7 Å². The average molecular weight is 473 g/mol. The minimum atomic E-state index is 0.705. The third kappa shape index (κ3) is 5.12. The number of rotatable bonds is 8. The normalized spacial score (nSPS) is 11.1. The summed E-state index contributed by atoms with van der Waals surface area (Å²) in [6.45, 7) is 0.781. The van der Waals surface area contributed by atoms with Gasteiger partial charge in [-0.25, -0.2) is 4.98 Å². The zero-order valence-electron chi connectivity index (χ0n) is 17.3. The number of nitrogens with zero attached hydrogens (tertiary/aromatic N) is 2. The third-order valence-electron chi connectivity index (χ3n) is 5.04. The van der Waals surface area contributed by atoms with Crippen molar-refractivity contribution in [2.45, 2.75) is 23.6 Å². The number of benzene rings is 3. The maximum atomic E-state index is 6.29. The summed E-state index contributed by atoms with van der Waals surface area (Å²) in [5.74, 6) is 3.22. The molecule has 0 aliphatic heterocycles. The molecule has 0 radical (unpaired) electrons. The van der Waals surface area contributed by atoms with Crippen LogP contribution in [0, 0.1) is 0 Å². The van der Waals surface area contributed by atoms with E-state index in [0.29, 0.717) is 5.02 Å². The van der Waals surface area contributed by atoms with Crippen LogP contribution in [0.4, 0.5) is 0 Å². The van der Waals surface area contributed by atoms with Gasteiger partial charge < -0.3 is 14.0 Å². The molecule has 3 aromatic carbocycles. The number of fused-ring (bicyclic) bond motifs is 1. The van der Waals surface area contributed by atoms with Crippen LogP contribution in [0.2, 0.25) is 10.0 Å². The largest absolute Gasteiger partial charge is 0.493 e. The van der Waals surface area contributed by atoms with E-state index in [-0.39, 0.29) is 0 Å². The van der Waals surface area contributed by atoms with Crippen molar-refractivity contribution >= 4 is 46.0 Å². The Morgan fingerprint density at radius 1 is 0.871 bits per heavy atom. The van der Waals surface area contributed by atoms with Crippen molar-refractivity contribution in [2.75, 3.05) is 14.2 Å². The number of hydrogen-bond donors (Lipinski definition) is 0. The van der Waals surface area contributed by atoms with Gasteiger partial charge in [0.05, 0.1) is 31.0 Å². The summed E-state index contributed by atoms with van der Waals surface area (Å²) in [7, 11) is 3.29. The minimum Gasteiger partial charge on any atom is -0.493 e. The highest BCUT2D eigenvalue weighted by Gasteiger charge is 2.13. The first-order valence-corrected chi connectivity index (χ1v) is 11.6. The van der Waals surface area contributed by atoms with Gasteiger partial charge >= 0.3 is 0 Å². The van der Waals surface area contributed by atoms with Crippen molar-refractivity contribution in [1.29, 1.82) is 0 Å². The number of aryl methyl sites for hydroxylation is 2. The number of imidazole rings is 1. The number of thioether (sulfide) groups is 1. The summed E-state index contributed by atoms with van der Waals surface area (Å²) in [5.41, 5.74) is 3.15. The summed E-state index contributed by atoms with van der Waals surface area (Å²) in [5, 5.41) is 1.44. The molecule has 0 aliphatic rings. The van der Waals surface area contributed by atoms with E-state index in [0.717, 1.165) is 62.6 Å². The first-order chi connectivity index (χ1) is 15.1. The summed E-state index contributed by atoms with van der Waals surface area (Å²) in [6, 6.07) is 19.7. The van der Waals surface area contributed by atoms with Crippen LogP contribution >= 0.6 is 35.0 Å². The van der Waals surface area contributed by atoms with Gasteiger partial charge in [-0.3, -0.25) is 0 Å². The molecule has 4 rings (SSSR count). The lowest BCUT2D eigenvalue weighted by Crippen LogP contribution is -2.06. The maximum absolute atomic E-state index is 6.29. The molecule has 0 saturated carbocycles. The van der Waals surface area contributed by atoms with Gasteiger partial charge in [0.2, 0.25) is 0 Å². The highest BCUT2D eigenvalue weighted by Crippen LogP contribution is 2.30. The Bertz CT molecular complexity index is 1190. The van der Waals surface area contributed by atoms with Crippen molar-refractivity contribution in [3.8, 4) is 11.5 Å². The second-order valence-electron chi connectivity index (χ2n) is 6.99. The van der Waals surface area contributed by atoms with Gasteiger partial charge in [0.15, 0.2) is 11.5 Å². The second-order valence-corrected chi connectivity index (χ2v) is 8.92. The van der Waals surface area contributed by atoms with Crippen LogP contribution in [0.1, 0.15) is 11.4 Å². The molecule has 160 valence electrons. The molecular formula is C24H22Cl2N2O2S. The molecule has 0 atom stereocenters. The van der Waals surface area contributed by atoms with E-state index in [2.05, 4.69) is 10.6 Å². The molecule has 0 fully saturated rings. The van der Waals surface area contributed by atoms with Gasteiger partial charge in [-0.05, 0) is 66.6 Å². The lowest BCUT2D eigenvalue weighted by Gasteiger charge is -2.12. The predicted molar refractivity (Wildman–Crippen MR) is 129 cm³/mol. The molecule has 0 unspecified atom stereocenters. The molecule has 31 heavy (non-hydrogen) atoms. The zero-order valence-corrected chi connectivity index (χ0v) is 19.6. The Labute approximate surface area is 196 Å². The molecule has 0 N–H and O–H groups in total.